The standard InChI is InChI=1S/C11H19N3OS/c1-3-5-9-14-8(2)10(16-9)11(15)13-7-4-6-12/h3-7,12H2,1-2H3,(H,13,15). The topological polar surface area (TPSA) is 68.0 Å². The van der Waals surface area contributed by atoms with Crippen molar-refractivity contribution in [2.75, 3.05) is 13.1 Å². The van der Waals surface area contributed by atoms with Gasteiger partial charge < -0.3 is 11.1 Å². The van der Waals surface area contributed by atoms with Gasteiger partial charge in [-0.1, -0.05) is 6.92 Å². The van der Waals surface area contributed by atoms with Crippen molar-refractivity contribution >= 4 is 17.2 Å². The first-order chi connectivity index (χ1) is 7.69. The molecule has 0 saturated heterocycles. The van der Waals surface area contributed by atoms with Gasteiger partial charge in [0.05, 0.1) is 10.7 Å². The maximum atomic E-state index is 11.8. The van der Waals surface area contributed by atoms with E-state index in [9.17, 15) is 4.79 Å². The fourth-order valence-electron chi connectivity index (χ4n) is 1.37. The molecule has 0 spiro atoms. The molecule has 0 saturated carbocycles. The fraction of sp³-hybridized carbons (Fsp3) is 0.636. The second-order valence-electron chi connectivity index (χ2n) is 3.67. The molecule has 1 heterocycles. The van der Waals surface area contributed by atoms with Gasteiger partial charge in [0.15, 0.2) is 0 Å². The van der Waals surface area contributed by atoms with Crippen LogP contribution in [0.2, 0.25) is 0 Å². The highest BCUT2D eigenvalue weighted by Gasteiger charge is 2.13. The highest BCUT2D eigenvalue weighted by Crippen LogP contribution is 2.19. The van der Waals surface area contributed by atoms with Gasteiger partial charge in [-0.05, 0) is 32.7 Å². The van der Waals surface area contributed by atoms with Crippen LogP contribution in [0.4, 0.5) is 0 Å². The van der Waals surface area contributed by atoms with Crippen LogP contribution >= 0.6 is 11.3 Å². The van der Waals surface area contributed by atoms with Crippen LogP contribution < -0.4 is 11.1 Å². The maximum absolute atomic E-state index is 11.8. The van der Waals surface area contributed by atoms with Gasteiger partial charge in [0, 0.05) is 6.54 Å². The number of aromatic nitrogens is 1. The largest absolute Gasteiger partial charge is 0.351 e. The number of thiazole rings is 1. The summed E-state index contributed by atoms with van der Waals surface area (Å²) in [5.41, 5.74) is 6.20. The summed E-state index contributed by atoms with van der Waals surface area (Å²) in [6.07, 6.45) is 2.81. The quantitative estimate of drug-likeness (QED) is 0.741. The normalized spacial score (nSPS) is 10.4. The Labute approximate surface area is 100 Å². The maximum Gasteiger partial charge on any atom is 0.263 e. The molecule has 0 radical (unpaired) electrons. The third kappa shape index (κ3) is 3.57. The van der Waals surface area contributed by atoms with Gasteiger partial charge in [-0.15, -0.1) is 11.3 Å². The number of nitrogens with zero attached hydrogens (tertiary/aromatic N) is 1. The molecule has 0 unspecified atom stereocenters. The number of amides is 1. The molecule has 0 bridgehead atoms. The summed E-state index contributed by atoms with van der Waals surface area (Å²) >= 11 is 1.50. The number of nitrogens with one attached hydrogen (secondary N) is 1. The Bertz CT molecular complexity index is 349. The van der Waals surface area contributed by atoms with Crippen LogP contribution in [0.3, 0.4) is 0 Å². The number of hydrogen-bond acceptors (Lipinski definition) is 4. The van der Waals surface area contributed by atoms with Crippen molar-refractivity contribution in [3.05, 3.63) is 15.6 Å². The van der Waals surface area contributed by atoms with Crippen LogP contribution in [-0.4, -0.2) is 24.0 Å². The van der Waals surface area contributed by atoms with Gasteiger partial charge in [0.1, 0.15) is 4.88 Å². The minimum Gasteiger partial charge on any atom is -0.351 e. The zero-order valence-electron chi connectivity index (χ0n) is 9.88. The predicted molar refractivity (Wildman–Crippen MR) is 66.9 cm³/mol. The molecule has 1 rings (SSSR count). The number of rotatable bonds is 6. The summed E-state index contributed by atoms with van der Waals surface area (Å²) in [6.45, 7) is 5.23. The molecule has 0 atom stereocenters. The Morgan fingerprint density at radius 2 is 2.31 bits per heavy atom. The Hall–Kier alpha value is -0.940. The van der Waals surface area contributed by atoms with E-state index in [1.54, 1.807) is 0 Å². The van der Waals surface area contributed by atoms with E-state index in [1.165, 1.54) is 11.3 Å². The van der Waals surface area contributed by atoms with Crippen LogP contribution in [0.1, 0.15) is 40.1 Å². The van der Waals surface area contributed by atoms with Crippen molar-refractivity contribution in [3.63, 3.8) is 0 Å². The van der Waals surface area contributed by atoms with E-state index in [2.05, 4.69) is 17.2 Å². The van der Waals surface area contributed by atoms with E-state index in [-0.39, 0.29) is 5.91 Å². The van der Waals surface area contributed by atoms with Gasteiger partial charge in [-0.25, -0.2) is 4.98 Å². The van der Waals surface area contributed by atoms with Crippen molar-refractivity contribution in [3.8, 4) is 0 Å². The molecule has 0 aliphatic heterocycles. The monoisotopic (exact) mass is 241 g/mol. The lowest BCUT2D eigenvalue weighted by molar-refractivity contribution is 0.0957. The number of carbonyl (C=O) groups is 1. The molecule has 1 aromatic rings. The van der Waals surface area contributed by atoms with Gasteiger partial charge in [-0.3, -0.25) is 4.79 Å². The van der Waals surface area contributed by atoms with E-state index in [1.807, 2.05) is 6.92 Å². The van der Waals surface area contributed by atoms with Crippen LogP contribution in [0.25, 0.3) is 0 Å². The van der Waals surface area contributed by atoms with Crippen molar-refractivity contribution < 1.29 is 4.79 Å². The third-order valence-corrected chi connectivity index (χ3v) is 3.39. The highest BCUT2D eigenvalue weighted by molar-refractivity contribution is 7.13. The number of hydrogen-bond donors (Lipinski definition) is 2. The lowest BCUT2D eigenvalue weighted by Crippen LogP contribution is -2.25. The first-order valence-electron chi connectivity index (χ1n) is 5.63. The summed E-state index contributed by atoms with van der Waals surface area (Å²) in [7, 11) is 0. The smallest absolute Gasteiger partial charge is 0.263 e. The first-order valence-corrected chi connectivity index (χ1v) is 6.45. The zero-order chi connectivity index (χ0) is 12.0. The van der Waals surface area contributed by atoms with Gasteiger partial charge in [0.25, 0.3) is 5.91 Å². The van der Waals surface area contributed by atoms with Crippen molar-refractivity contribution in [2.45, 2.75) is 33.1 Å². The van der Waals surface area contributed by atoms with E-state index in [0.29, 0.717) is 13.1 Å². The molecule has 3 N–H and O–H groups in total. The lowest BCUT2D eigenvalue weighted by Gasteiger charge is -2.01. The zero-order valence-corrected chi connectivity index (χ0v) is 10.7. The molecule has 1 amide bonds. The third-order valence-electron chi connectivity index (χ3n) is 2.18. The summed E-state index contributed by atoms with van der Waals surface area (Å²) < 4.78 is 0. The van der Waals surface area contributed by atoms with E-state index >= 15 is 0 Å². The molecule has 0 aliphatic carbocycles. The Balaban J connectivity index is 2.60. The first kappa shape index (κ1) is 13.1. The number of nitrogens with two attached hydrogens (primary N) is 1. The van der Waals surface area contributed by atoms with E-state index in [0.717, 1.165) is 34.8 Å². The van der Waals surface area contributed by atoms with Crippen LogP contribution in [0.15, 0.2) is 0 Å². The Morgan fingerprint density at radius 1 is 1.56 bits per heavy atom. The molecule has 0 fully saturated rings. The van der Waals surface area contributed by atoms with Crippen LogP contribution in [0.5, 0.6) is 0 Å². The molecule has 4 nitrogen and oxygen atoms in total. The second-order valence-corrected chi connectivity index (χ2v) is 4.75. The number of carbonyl (C=O) groups excluding carboxylic acids is 1. The van der Waals surface area contributed by atoms with Gasteiger partial charge >= 0.3 is 0 Å². The van der Waals surface area contributed by atoms with Crippen molar-refractivity contribution in [2.24, 2.45) is 5.73 Å². The highest BCUT2D eigenvalue weighted by atomic mass is 32.1. The number of aryl methyl sites for hydroxylation is 2. The van der Waals surface area contributed by atoms with E-state index in [4.69, 9.17) is 5.73 Å². The molecule has 90 valence electrons. The van der Waals surface area contributed by atoms with E-state index < -0.39 is 0 Å². The molecular formula is C11H19N3OS. The lowest BCUT2D eigenvalue weighted by atomic mass is 10.3. The summed E-state index contributed by atoms with van der Waals surface area (Å²) in [5, 5.41) is 3.89. The summed E-state index contributed by atoms with van der Waals surface area (Å²) in [4.78, 5) is 16.9. The minimum absolute atomic E-state index is 0.0224. The second kappa shape index (κ2) is 6.60. The molecular weight excluding hydrogens is 222 g/mol. The molecule has 0 aromatic carbocycles. The van der Waals surface area contributed by atoms with Crippen LogP contribution in [-0.2, 0) is 6.42 Å². The Morgan fingerprint density at radius 3 is 2.94 bits per heavy atom. The average molecular weight is 241 g/mol. The van der Waals surface area contributed by atoms with Gasteiger partial charge in [0.2, 0.25) is 0 Å². The minimum atomic E-state index is -0.0224. The molecule has 5 heteroatoms. The van der Waals surface area contributed by atoms with Crippen molar-refractivity contribution in [1.82, 2.24) is 10.3 Å². The molecule has 1 aromatic heterocycles. The molecule has 0 aliphatic rings. The fourth-order valence-corrected chi connectivity index (χ4v) is 2.45. The van der Waals surface area contributed by atoms with Crippen LogP contribution in [0, 0.1) is 6.92 Å². The average Bonchev–Trinajstić information content (AvgIpc) is 2.60. The van der Waals surface area contributed by atoms with Crippen molar-refractivity contribution in [1.29, 1.82) is 0 Å². The predicted octanol–water partition coefficient (Wildman–Crippen LogP) is 1.48. The summed E-state index contributed by atoms with van der Waals surface area (Å²) in [5.74, 6) is -0.0224. The Kier molecular flexibility index (Phi) is 5.42. The summed E-state index contributed by atoms with van der Waals surface area (Å²) in [6, 6.07) is 0. The molecule has 16 heavy (non-hydrogen) atoms. The SMILES string of the molecule is CCCc1nc(C)c(C(=O)NCCCN)s1. The van der Waals surface area contributed by atoms with Gasteiger partial charge in [-0.2, -0.15) is 0 Å².